The highest BCUT2D eigenvalue weighted by molar-refractivity contribution is 5.31. The number of aryl methyl sites for hydroxylation is 1. The molecule has 1 aromatic carbocycles. The maximum Gasteiger partial charge on any atom is 0.126 e. The van der Waals surface area contributed by atoms with Gasteiger partial charge in [-0.25, -0.2) is 4.39 Å². The van der Waals surface area contributed by atoms with Crippen molar-refractivity contribution < 1.29 is 9.60 Å². The van der Waals surface area contributed by atoms with E-state index in [4.69, 9.17) is 0 Å². The smallest absolute Gasteiger partial charge is 0.126 e. The van der Waals surface area contributed by atoms with Crippen LogP contribution in [0.5, 0.6) is 0 Å². The Labute approximate surface area is 130 Å². The van der Waals surface area contributed by atoms with Crippen LogP contribution in [-0.2, 0) is 6.42 Å². The van der Waals surface area contributed by atoms with Crippen molar-refractivity contribution in [1.82, 2.24) is 14.8 Å². The van der Waals surface area contributed by atoms with Gasteiger partial charge in [0.1, 0.15) is 5.82 Å². The number of halogens is 1. The van der Waals surface area contributed by atoms with Crippen LogP contribution in [0.2, 0.25) is 0 Å². The van der Waals surface area contributed by atoms with E-state index in [1.54, 1.807) is 19.2 Å². The van der Waals surface area contributed by atoms with Crippen molar-refractivity contribution in [3.05, 3.63) is 52.6 Å². The summed E-state index contributed by atoms with van der Waals surface area (Å²) in [5.74, 6) is 0.251. The number of aromatic nitrogens is 2. The SMILES string of the molecule is Cc1cc(Cc2nn(O)cc2C2CCN(C)CC2)ccc1F. The summed E-state index contributed by atoms with van der Waals surface area (Å²) in [7, 11) is 2.13. The Morgan fingerprint density at radius 1 is 1.32 bits per heavy atom. The van der Waals surface area contributed by atoms with E-state index in [9.17, 15) is 9.60 Å². The van der Waals surface area contributed by atoms with Gasteiger partial charge in [-0.1, -0.05) is 12.1 Å². The van der Waals surface area contributed by atoms with Crippen molar-refractivity contribution in [2.45, 2.75) is 32.1 Å². The zero-order valence-corrected chi connectivity index (χ0v) is 13.1. The Morgan fingerprint density at radius 2 is 2.05 bits per heavy atom. The molecule has 5 heteroatoms. The lowest BCUT2D eigenvalue weighted by Crippen LogP contribution is -2.29. The zero-order chi connectivity index (χ0) is 15.7. The molecule has 0 atom stereocenters. The van der Waals surface area contributed by atoms with Crippen LogP contribution in [0.4, 0.5) is 4.39 Å². The van der Waals surface area contributed by atoms with Crippen molar-refractivity contribution in [2.75, 3.05) is 20.1 Å². The predicted octanol–water partition coefficient (Wildman–Crippen LogP) is 2.97. The molecule has 22 heavy (non-hydrogen) atoms. The molecule has 0 radical (unpaired) electrons. The average Bonchev–Trinajstić information content (AvgIpc) is 2.84. The van der Waals surface area contributed by atoms with Crippen LogP contribution in [0, 0.1) is 12.7 Å². The summed E-state index contributed by atoms with van der Waals surface area (Å²) in [4.78, 5) is 3.24. The first kappa shape index (κ1) is 15.0. The Balaban J connectivity index is 1.83. The second-order valence-corrected chi connectivity index (χ2v) is 6.29. The van der Waals surface area contributed by atoms with Crippen LogP contribution in [0.25, 0.3) is 0 Å². The number of hydrogen-bond donors (Lipinski definition) is 1. The van der Waals surface area contributed by atoms with Gasteiger partial charge < -0.3 is 10.1 Å². The summed E-state index contributed by atoms with van der Waals surface area (Å²) in [6, 6.07) is 5.14. The van der Waals surface area contributed by atoms with Gasteiger partial charge in [-0.05, 0) is 63.0 Å². The lowest BCUT2D eigenvalue weighted by atomic mass is 9.88. The van der Waals surface area contributed by atoms with Gasteiger partial charge in [0.15, 0.2) is 0 Å². The van der Waals surface area contributed by atoms with E-state index in [1.165, 1.54) is 6.07 Å². The summed E-state index contributed by atoms with van der Waals surface area (Å²) in [5.41, 5.74) is 3.68. The van der Waals surface area contributed by atoms with E-state index in [0.717, 1.165) is 47.6 Å². The van der Waals surface area contributed by atoms with Crippen LogP contribution >= 0.6 is 0 Å². The van der Waals surface area contributed by atoms with Crippen LogP contribution in [-0.4, -0.2) is 40.2 Å². The number of nitrogens with zero attached hydrogens (tertiary/aromatic N) is 3. The van der Waals surface area contributed by atoms with Gasteiger partial charge in [-0.15, -0.1) is 9.94 Å². The fraction of sp³-hybridized carbons (Fsp3) is 0.471. The highest BCUT2D eigenvalue weighted by Crippen LogP contribution is 2.30. The van der Waals surface area contributed by atoms with E-state index in [-0.39, 0.29) is 5.82 Å². The highest BCUT2D eigenvalue weighted by atomic mass is 19.1. The van der Waals surface area contributed by atoms with E-state index >= 15 is 0 Å². The Morgan fingerprint density at radius 3 is 2.73 bits per heavy atom. The van der Waals surface area contributed by atoms with E-state index in [1.807, 2.05) is 6.07 Å². The first-order chi connectivity index (χ1) is 10.5. The fourth-order valence-electron chi connectivity index (χ4n) is 3.22. The van der Waals surface area contributed by atoms with Crippen molar-refractivity contribution in [3.63, 3.8) is 0 Å². The highest BCUT2D eigenvalue weighted by Gasteiger charge is 2.23. The maximum absolute atomic E-state index is 13.4. The monoisotopic (exact) mass is 303 g/mol. The molecule has 1 saturated heterocycles. The second kappa shape index (κ2) is 6.08. The third-order valence-corrected chi connectivity index (χ3v) is 4.56. The lowest BCUT2D eigenvalue weighted by molar-refractivity contribution is 0.147. The molecular formula is C17H22FN3O. The topological polar surface area (TPSA) is 41.3 Å². The molecule has 1 N–H and O–H groups in total. The third kappa shape index (κ3) is 3.14. The molecule has 1 fully saturated rings. The molecule has 1 aliphatic rings. The standard InChI is InChI=1S/C17H22FN3O/c1-12-9-13(3-4-16(12)18)10-17-15(11-21(22)19-17)14-5-7-20(2)8-6-14/h3-4,9,11,14,22H,5-8,10H2,1-2H3. The van der Waals surface area contributed by atoms with Gasteiger partial charge in [-0.2, -0.15) is 0 Å². The predicted molar refractivity (Wildman–Crippen MR) is 82.8 cm³/mol. The molecule has 2 aromatic rings. The zero-order valence-electron chi connectivity index (χ0n) is 13.1. The van der Waals surface area contributed by atoms with Crippen molar-refractivity contribution in [3.8, 4) is 0 Å². The van der Waals surface area contributed by atoms with Crippen molar-refractivity contribution in [2.24, 2.45) is 0 Å². The fourth-order valence-corrected chi connectivity index (χ4v) is 3.22. The van der Waals surface area contributed by atoms with Gasteiger partial charge in [0.25, 0.3) is 0 Å². The number of hydrogen-bond acceptors (Lipinski definition) is 3. The summed E-state index contributed by atoms with van der Waals surface area (Å²) in [6.07, 6.45) is 4.51. The number of rotatable bonds is 3. The Hall–Kier alpha value is -1.88. The molecule has 0 bridgehead atoms. The largest absolute Gasteiger partial charge is 0.412 e. The summed E-state index contributed by atoms with van der Waals surface area (Å²) < 4.78 is 13.4. The molecule has 0 spiro atoms. The molecule has 0 unspecified atom stereocenters. The first-order valence-corrected chi connectivity index (χ1v) is 7.74. The van der Waals surface area contributed by atoms with E-state index in [0.29, 0.717) is 17.9 Å². The number of benzene rings is 1. The normalized spacial score (nSPS) is 17.0. The van der Waals surface area contributed by atoms with Gasteiger partial charge in [0.2, 0.25) is 0 Å². The van der Waals surface area contributed by atoms with Crippen molar-refractivity contribution in [1.29, 1.82) is 0 Å². The van der Waals surface area contributed by atoms with Gasteiger partial charge in [-0.3, -0.25) is 0 Å². The molecule has 0 amide bonds. The third-order valence-electron chi connectivity index (χ3n) is 4.56. The maximum atomic E-state index is 13.4. The van der Waals surface area contributed by atoms with Crippen LogP contribution < -0.4 is 0 Å². The van der Waals surface area contributed by atoms with Crippen LogP contribution in [0.3, 0.4) is 0 Å². The molecule has 118 valence electrons. The second-order valence-electron chi connectivity index (χ2n) is 6.29. The molecule has 0 aliphatic carbocycles. The Bertz CT molecular complexity index is 660. The van der Waals surface area contributed by atoms with Gasteiger partial charge >= 0.3 is 0 Å². The van der Waals surface area contributed by atoms with Crippen LogP contribution in [0.15, 0.2) is 24.4 Å². The van der Waals surface area contributed by atoms with E-state index in [2.05, 4.69) is 17.0 Å². The minimum atomic E-state index is -0.188. The molecule has 4 nitrogen and oxygen atoms in total. The molecular weight excluding hydrogens is 281 g/mol. The summed E-state index contributed by atoms with van der Waals surface area (Å²) in [6.45, 7) is 3.90. The first-order valence-electron chi connectivity index (χ1n) is 7.74. The summed E-state index contributed by atoms with van der Waals surface area (Å²) in [5, 5.41) is 13.9. The number of likely N-dealkylation sites (tertiary alicyclic amines) is 1. The average molecular weight is 303 g/mol. The molecule has 3 rings (SSSR count). The van der Waals surface area contributed by atoms with Gasteiger partial charge in [0.05, 0.1) is 11.9 Å². The minimum absolute atomic E-state index is 0.188. The van der Waals surface area contributed by atoms with E-state index < -0.39 is 0 Å². The van der Waals surface area contributed by atoms with Crippen LogP contribution in [0.1, 0.15) is 41.1 Å². The summed E-state index contributed by atoms with van der Waals surface area (Å²) >= 11 is 0. The van der Waals surface area contributed by atoms with Gasteiger partial charge in [0, 0.05) is 12.0 Å². The molecule has 1 aromatic heterocycles. The Kier molecular flexibility index (Phi) is 4.16. The molecule has 0 saturated carbocycles. The number of piperidine rings is 1. The van der Waals surface area contributed by atoms with Crippen molar-refractivity contribution >= 4 is 0 Å². The minimum Gasteiger partial charge on any atom is -0.412 e. The molecule has 1 aliphatic heterocycles. The molecule has 2 heterocycles. The lowest BCUT2D eigenvalue weighted by Gasteiger charge is -2.28. The quantitative estimate of drug-likeness (QED) is 0.886.